The van der Waals surface area contributed by atoms with E-state index in [1.807, 2.05) is 0 Å². The summed E-state index contributed by atoms with van der Waals surface area (Å²) >= 11 is 0. The van der Waals surface area contributed by atoms with Crippen LogP contribution in [0.3, 0.4) is 0 Å². The number of amides is 1. The van der Waals surface area contributed by atoms with Crippen LogP contribution in [0.25, 0.3) is 0 Å². The first-order valence-corrected chi connectivity index (χ1v) is 9.05. The number of hydrogen-bond acceptors (Lipinski definition) is 1. The van der Waals surface area contributed by atoms with E-state index < -0.39 is 0 Å². The van der Waals surface area contributed by atoms with Crippen LogP contribution in [0.4, 0.5) is 0 Å². The van der Waals surface area contributed by atoms with Gasteiger partial charge in [0.15, 0.2) is 0 Å². The molecule has 0 bridgehead atoms. The molecule has 0 aliphatic rings. The van der Waals surface area contributed by atoms with E-state index >= 15 is 0 Å². The van der Waals surface area contributed by atoms with E-state index in [1.54, 1.807) is 0 Å². The van der Waals surface area contributed by atoms with Crippen LogP contribution in [-0.4, -0.2) is 65.0 Å². The van der Waals surface area contributed by atoms with Gasteiger partial charge in [-0.15, -0.1) is 0 Å². The molecule has 0 unspecified atom stereocenters. The van der Waals surface area contributed by atoms with Crippen LogP contribution in [0.5, 0.6) is 0 Å². The van der Waals surface area contributed by atoms with Crippen molar-refractivity contribution in [1.82, 2.24) is 0 Å². The summed E-state index contributed by atoms with van der Waals surface area (Å²) in [4.78, 5) is 10.6. The summed E-state index contributed by atoms with van der Waals surface area (Å²) in [7, 11) is 0. The molecule has 2 nitrogen and oxygen atoms in total. The zero-order valence-corrected chi connectivity index (χ0v) is 19.8. The first-order valence-electron chi connectivity index (χ1n) is 9.05. The van der Waals surface area contributed by atoms with Crippen molar-refractivity contribution in [3.63, 3.8) is 0 Å². The Hall–Kier alpha value is 1.47. The molecule has 0 aromatic carbocycles. The van der Waals surface area contributed by atoms with Crippen molar-refractivity contribution in [2.45, 2.75) is 110 Å². The van der Waals surface area contributed by atoms with Gasteiger partial charge >= 0.3 is 0 Å². The molecular weight excluding hydrogens is 292 g/mol. The molecule has 0 aliphatic carbocycles. The van der Waals surface area contributed by atoms with Crippen molar-refractivity contribution in [1.29, 1.82) is 0 Å². The Kier molecular flexibility index (Phi) is 31.8. The molecule has 2 N–H and O–H groups in total. The number of unbranched alkanes of at least 4 members (excludes halogenated alkanes) is 14. The minimum Gasteiger partial charge on any atom is -0.370 e. The zero-order chi connectivity index (χ0) is 14.9. The Morgan fingerprint density at radius 2 is 0.864 bits per heavy atom. The molecule has 0 aromatic heterocycles. The molecule has 0 saturated heterocycles. The Labute approximate surface area is 183 Å². The van der Waals surface area contributed by atoms with Gasteiger partial charge in [0.1, 0.15) is 0 Å². The second kappa shape index (κ2) is 24.7. The molecule has 0 rings (SSSR count). The van der Waals surface area contributed by atoms with Gasteiger partial charge in [-0.3, -0.25) is 4.79 Å². The second-order valence-corrected chi connectivity index (χ2v) is 6.17. The Balaban J connectivity index is -0.00000180. The number of carbonyl (C=O) groups excluding carboxylic acids is 1. The first-order chi connectivity index (χ1) is 9.77. The quantitative estimate of drug-likeness (QED) is 0.315. The van der Waals surface area contributed by atoms with Gasteiger partial charge in [-0.05, 0) is 6.42 Å². The number of primary amides is 1. The van der Waals surface area contributed by atoms with Crippen LogP contribution < -0.4 is 5.73 Å². The van der Waals surface area contributed by atoms with Gasteiger partial charge < -0.3 is 5.73 Å². The van der Waals surface area contributed by atoms with Gasteiger partial charge in [0.25, 0.3) is 0 Å². The summed E-state index contributed by atoms with van der Waals surface area (Å²) < 4.78 is 0. The van der Waals surface area contributed by atoms with Crippen LogP contribution in [0.15, 0.2) is 0 Å². The Bertz CT molecular complexity index is 213. The summed E-state index contributed by atoms with van der Waals surface area (Å²) in [5.74, 6) is -0.153. The first kappa shape index (κ1) is 28.3. The van der Waals surface area contributed by atoms with Crippen LogP contribution in [-0.2, 0) is 4.79 Å². The summed E-state index contributed by atoms with van der Waals surface area (Å²) in [5.41, 5.74) is 5.11. The van der Waals surface area contributed by atoms with Crippen molar-refractivity contribution in [2.24, 2.45) is 5.73 Å². The molecule has 122 valence electrons. The molecule has 0 atom stereocenters. The molecule has 22 heavy (non-hydrogen) atoms. The van der Waals surface area contributed by atoms with E-state index in [0.29, 0.717) is 6.42 Å². The fourth-order valence-electron chi connectivity index (χ4n) is 2.67. The Morgan fingerprint density at radius 1 is 0.591 bits per heavy atom. The van der Waals surface area contributed by atoms with Gasteiger partial charge in [-0.2, -0.15) is 0 Å². The molecule has 0 fully saturated rings. The summed E-state index contributed by atoms with van der Waals surface area (Å²) in [6.45, 7) is 2.28. The maximum absolute atomic E-state index is 10.6. The predicted octanol–water partition coefficient (Wildman–Crippen LogP) is 4.97. The van der Waals surface area contributed by atoms with E-state index in [4.69, 9.17) is 5.73 Å². The molecule has 1 amide bonds. The van der Waals surface area contributed by atoms with Crippen LogP contribution in [0, 0.1) is 0 Å². The normalized spacial score (nSPS) is 9.86. The van der Waals surface area contributed by atoms with E-state index in [9.17, 15) is 4.79 Å². The topological polar surface area (TPSA) is 43.1 Å². The predicted molar refractivity (Wildman–Crippen MR) is 100 cm³/mol. The monoisotopic (exact) mass is 329 g/mol. The molecular formula is C18H37NNa2O. The summed E-state index contributed by atoms with van der Waals surface area (Å²) in [5, 5.41) is 0. The Morgan fingerprint density at radius 3 is 1.14 bits per heavy atom. The fraction of sp³-hybridized carbons (Fsp3) is 0.944. The third kappa shape index (κ3) is 26.4. The largest absolute Gasteiger partial charge is 0.370 e. The molecule has 0 aliphatic heterocycles. The van der Waals surface area contributed by atoms with Crippen LogP contribution >= 0.6 is 0 Å². The second-order valence-electron chi connectivity index (χ2n) is 6.17. The van der Waals surface area contributed by atoms with Crippen molar-refractivity contribution in [3.05, 3.63) is 0 Å². The van der Waals surface area contributed by atoms with Gasteiger partial charge in [-0.25, -0.2) is 0 Å². The van der Waals surface area contributed by atoms with Crippen LogP contribution in [0.2, 0.25) is 0 Å². The van der Waals surface area contributed by atoms with Gasteiger partial charge in [-0.1, -0.05) is 96.8 Å². The molecule has 2 radical (unpaired) electrons. The van der Waals surface area contributed by atoms with Crippen LogP contribution in [0.1, 0.15) is 110 Å². The summed E-state index contributed by atoms with van der Waals surface area (Å²) in [6.07, 6.45) is 20.9. The molecule has 0 saturated carbocycles. The maximum atomic E-state index is 10.6. The van der Waals surface area contributed by atoms with Gasteiger partial charge in [0, 0.05) is 65.5 Å². The molecule has 0 spiro atoms. The number of hydrogen-bond donors (Lipinski definition) is 1. The third-order valence-electron chi connectivity index (χ3n) is 4.03. The van der Waals surface area contributed by atoms with Gasteiger partial charge in [0.05, 0.1) is 0 Å². The number of carbonyl (C=O) groups is 1. The average molecular weight is 329 g/mol. The van der Waals surface area contributed by atoms with Crippen molar-refractivity contribution >= 4 is 65.0 Å². The number of nitrogens with two attached hydrogens (primary N) is 1. The SMILES string of the molecule is CCCCCCCCCCCCCCCCCC(N)=O.[Na].[Na]. The fourth-order valence-corrected chi connectivity index (χ4v) is 2.67. The minimum absolute atomic E-state index is 0. The molecule has 4 heteroatoms. The standard InChI is InChI=1S/C18H37NO.2Na/c1-2-3-4-5-6-7-8-9-10-11-12-13-14-15-16-17-18(19)20;;/h2-17H2,1H3,(H2,19,20);;. The van der Waals surface area contributed by atoms with Crippen molar-refractivity contribution in [3.8, 4) is 0 Å². The van der Waals surface area contributed by atoms with E-state index in [2.05, 4.69) is 6.92 Å². The zero-order valence-electron chi connectivity index (χ0n) is 15.8. The maximum Gasteiger partial charge on any atom is 0.217 e. The number of rotatable bonds is 16. The molecule has 0 aromatic rings. The van der Waals surface area contributed by atoms with Gasteiger partial charge in [0.2, 0.25) is 5.91 Å². The third-order valence-corrected chi connectivity index (χ3v) is 4.03. The molecule has 0 heterocycles. The van der Waals surface area contributed by atoms with Crippen molar-refractivity contribution in [2.75, 3.05) is 0 Å². The smallest absolute Gasteiger partial charge is 0.217 e. The van der Waals surface area contributed by atoms with Crippen molar-refractivity contribution < 1.29 is 4.79 Å². The summed E-state index contributed by atoms with van der Waals surface area (Å²) in [6, 6.07) is 0. The average Bonchev–Trinajstić information content (AvgIpc) is 2.43. The van der Waals surface area contributed by atoms with E-state index in [-0.39, 0.29) is 65.0 Å². The van der Waals surface area contributed by atoms with E-state index in [0.717, 1.165) is 6.42 Å². The van der Waals surface area contributed by atoms with E-state index in [1.165, 1.54) is 89.9 Å². The minimum atomic E-state index is -0.153.